The van der Waals surface area contributed by atoms with Crippen molar-refractivity contribution in [1.82, 2.24) is 0 Å². The number of hydrogen-bond donors (Lipinski definition) is 2. The minimum atomic E-state index is -0.230. The summed E-state index contributed by atoms with van der Waals surface area (Å²) in [5.74, 6) is -0.196. The Morgan fingerprint density at radius 3 is 2.63 bits per heavy atom. The monoisotopic (exact) mass is 279 g/mol. The summed E-state index contributed by atoms with van der Waals surface area (Å²) in [4.78, 5) is 0. The molecule has 0 aliphatic rings. The van der Waals surface area contributed by atoms with Crippen molar-refractivity contribution in [3.05, 3.63) is 58.9 Å². The van der Waals surface area contributed by atoms with Crippen LogP contribution in [0, 0.1) is 5.82 Å². The van der Waals surface area contributed by atoms with Gasteiger partial charge in [0.05, 0.1) is 11.1 Å². The highest BCUT2D eigenvalue weighted by atomic mass is 35.5. The molecule has 0 aromatic heterocycles. The Labute approximate surface area is 116 Å². The summed E-state index contributed by atoms with van der Waals surface area (Å²) in [5.41, 5.74) is 1.37. The Hall–Kier alpha value is -1.74. The van der Waals surface area contributed by atoms with Gasteiger partial charge in [0.2, 0.25) is 0 Å². The maximum atomic E-state index is 13.8. The lowest BCUT2D eigenvalue weighted by Gasteiger charge is -2.19. The fraction of sp³-hybridized carbons (Fsp3) is 0.200. The average molecular weight is 280 g/mol. The molecule has 0 saturated carbocycles. The van der Waals surface area contributed by atoms with Crippen molar-refractivity contribution >= 4 is 17.3 Å². The van der Waals surface area contributed by atoms with Crippen LogP contribution < -0.4 is 5.32 Å². The Kier molecular flexibility index (Phi) is 4.27. The standard InChI is InChI=1S/C15H15ClFNO/c1-2-14(11-5-3-4-6-13(11)17)18-10-7-8-15(19)12(16)9-10/h3-9,14,18-19H,2H2,1H3. The number of hydrogen-bond acceptors (Lipinski definition) is 2. The van der Waals surface area contributed by atoms with Crippen molar-refractivity contribution in [2.24, 2.45) is 0 Å². The third-order valence-electron chi connectivity index (χ3n) is 2.98. The van der Waals surface area contributed by atoms with Crippen LogP contribution >= 0.6 is 11.6 Å². The van der Waals surface area contributed by atoms with Gasteiger partial charge in [0, 0.05) is 11.3 Å². The molecule has 2 aromatic rings. The van der Waals surface area contributed by atoms with E-state index < -0.39 is 0 Å². The van der Waals surface area contributed by atoms with Crippen LogP contribution in [-0.4, -0.2) is 5.11 Å². The van der Waals surface area contributed by atoms with E-state index in [0.717, 1.165) is 12.1 Å². The zero-order chi connectivity index (χ0) is 13.8. The maximum absolute atomic E-state index is 13.8. The van der Waals surface area contributed by atoms with Gasteiger partial charge in [0.25, 0.3) is 0 Å². The zero-order valence-electron chi connectivity index (χ0n) is 10.5. The van der Waals surface area contributed by atoms with E-state index in [9.17, 15) is 9.50 Å². The third-order valence-corrected chi connectivity index (χ3v) is 3.28. The number of aromatic hydroxyl groups is 1. The molecular formula is C15H15ClFNO. The quantitative estimate of drug-likeness (QED) is 0.792. The van der Waals surface area contributed by atoms with Gasteiger partial charge in [-0.05, 0) is 30.7 Å². The van der Waals surface area contributed by atoms with Gasteiger partial charge in [-0.3, -0.25) is 0 Å². The largest absolute Gasteiger partial charge is 0.506 e. The van der Waals surface area contributed by atoms with Crippen molar-refractivity contribution in [2.45, 2.75) is 19.4 Å². The molecule has 100 valence electrons. The molecule has 2 aromatic carbocycles. The highest BCUT2D eigenvalue weighted by Gasteiger charge is 2.13. The Balaban J connectivity index is 2.24. The highest BCUT2D eigenvalue weighted by Crippen LogP contribution is 2.30. The van der Waals surface area contributed by atoms with Gasteiger partial charge in [-0.25, -0.2) is 4.39 Å². The van der Waals surface area contributed by atoms with Crippen LogP contribution in [0.3, 0.4) is 0 Å². The fourth-order valence-corrected chi connectivity index (χ4v) is 2.14. The number of halogens is 2. The summed E-state index contributed by atoms with van der Waals surface area (Å²) in [6, 6.07) is 11.4. The van der Waals surface area contributed by atoms with Crippen LogP contribution in [0.5, 0.6) is 5.75 Å². The topological polar surface area (TPSA) is 32.3 Å². The van der Waals surface area contributed by atoms with Gasteiger partial charge < -0.3 is 10.4 Å². The predicted molar refractivity (Wildman–Crippen MR) is 76.2 cm³/mol. The van der Waals surface area contributed by atoms with Gasteiger partial charge in [-0.1, -0.05) is 36.7 Å². The molecule has 2 nitrogen and oxygen atoms in total. The molecular weight excluding hydrogens is 265 g/mol. The van der Waals surface area contributed by atoms with E-state index in [1.165, 1.54) is 12.1 Å². The number of nitrogens with one attached hydrogen (secondary N) is 1. The van der Waals surface area contributed by atoms with Crippen LogP contribution in [-0.2, 0) is 0 Å². The molecule has 0 radical (unpaired) electrons. The minimum absolute atomic E-state index is 0.0335. The molecule has 0 saturated heterocycles. The predicted octanol–water partition coefficient (Wildman–Crippen LogP) is 4.75. The van der Waals surface area contributed by atoms with E-state index >= 15 is 0 Å². The maximum Gasteiger partial charge on any atom is 0.134 e. The van der Waals surface area contributed by atoms with Crippen LogP contribution in [0.4, 0.5) is 10.1 Å². The first kappa shape index (κ1) is 13.7. The molecule has 0 spiro atoms. The van der Waals surface area contributed by atoms with E-state index in [-0.39, 0.29) is 22.6 Å². The molecule has 0 aliphatic carbocycles. The molecule has 0 heterocycles. The number of phenolic OH excluding ortho intramolecular Hbond substituents is 1. The minimum Gasteiger partial charge on any atom is -0.506 e. The van der Waals surface area contributed by atoms with E-state index in [1.54, 1.807) is 24.3 Å². The first-order chi connectivity index (χ1) is 9.11. The molecule has 0 bridgehead atoms. The first-order valence-corrected chi connectivity index (χ1v) is 6.49. The Bertz CT molecular complexity index is 574. The van der Waals surface area contributed by atoms with Crippen molar-refractivity contribution < 1.29 is 9.50 Å². The van der Waals surface area contributed by atoms with Gasteiger partial charge in [-0.2, -0.15) is 0 Å². The van der Waals surface area contributed by atoms with Gasteiger partial charge in [0.15, 0.2) is 0 Å². The van der Waals surface area contributed by atoms with Crippen LogP contribution in [0.15, 0.2) is 42.5 Å². The molecule has 2 rings (SSSR count). The highest BCUT2D eigenvalue weighted by molar-refractivity contribution is 6.32. The number of benzene rings is 2. The Morgan fingerprint density at radius 2 is 2.00 bits per heavy atom. The Morgan fingerprint density at radius 1 is 1.26 bits per heavy atom. The SMILES string of the molecule is CCC(Nc1ccc(O)c(Cl)c1)c1ccccc1F. The fourth-order valence-electron chi connectivity index (χ4n) is 1.96. The summed E-state index contributed by atoms with van der Waals surface area (Å²) in [7, 11) is 0. The smallest absolute Gasteiger partial charge is 0.134 e. The molecule has 19 heavy (non-hydrogen) atoms. The second-order valence-corrected chi connectivity index (χ2v) is 4.70. The van der Waals surface area contributed by atoms with E-state index in [2.05, 4.69) is 5.32 Å². The van der Waals surface area contributed by atoms with Gasteiger partial charge in [0.1, 0.15) is 11.6 Å². The summed E-state index contributed by atoms with van der Waals surface area (Å²) in [6.45, 7) is 1.98. The van der Waals surface area contributed by atoms with Crippen LogP contribution in [0.2, 0.25) is 5.02 Å². The lowest BCUT2D eigenvalue weighted by molar-refractivity contribution is 0.475. The van der Waals surface area contributed by atoms with Crippen molar-refractivity contribution in [3.63, 3.8) is 0 Å². The number of rotatable bonds is 4. The molecule has 4 heteroatoms. The third kappa shape index (κ3) is 3.18. The number of anilines is 1. The van der Waals surface area contributed by atoms with Crippen LogP contribution in [0.25, 0.3) is 0 Å². The van der Waals surface area contributed by atoms with E-state index in [4.69, 9.17) is 11.6 Å². The second kappa shape index (κ2) is 5.93. The molecule has 0 aliphatic heterocycles. The summed E-state index contributed by atoms with van der Waals surface area (Å²) < 4.78 is 13.8. The summed E-state index contributed by atoms with van der Waals surface area (Å²) in [6.07, 6.45) is 0.736. The van der Waals surface area contributed by atoms with Gasteiger partial charge >= 0.3 is 0 Å². The molecule has 1 atom stereocenters. The second-order valence-electron chi connectivity index (χ2n) is 4.29. The molecule has 0 fully saturated rings. The zero-order valence-corrected chi connectivity index (χ0v) is 11.3. The first-order valence-electron chi connectivity index (χ1n) is 6.11. The molecule has 0 amide bonds. The van der Waals surface area contributed by atoms with E-state index in [1.807, 2.05) is 13.0 Å². The van der Waals surface area contributed by atoms with Crippen molar-refractivity contribution in [1.29, 1.82) is 0 Å². The van der Waals surface area contributed by atoms with Crippen LogP contribution in [0.1, 0.15) is 24.9 Å². The lowest BCUT2D eigenvalue weighted by atomic mass is 10.0. The van der Waals surface area contributed by atoms with Gasteiger partial charge in [-0.15, -0.1) is 0 Å². The summed E-state index contributed by atoms with van der Waals surface area (Å²) >= 11 is 5.85. The normalized spacial score (nSPS) is 12.2. The van der Waals surface area contributed by atoms with E-state index in [0.29, 0.717) is 5.56 Å². The van der Waals surface area contributed by atoms with Crippen molar-refractivity contribution in [3.8, 4) is 5.75 Å². The molecule has 1 unspecified atom stereocenters. The number of phenols is 1. The van der Waals surface area contributed by atoms with Crippen molar-refractivity contribution in [2.75, 3.05) is 5.32 Å². The summed E-state index contributed by atoms with van der Waals surface area (Å²) in [5, 5.41) is 12.9. The molecule has 2 N–H and O–H groups in total. The average Bonchev–Trinajstić information content (AvgIpc) is 2.41. The lowest BCUT2D eigenvalue weighted by Crippen LogP contribution is -2.11.